The normalized spacial score (nSPS) is 13.1. The Bertz CT molecular complexity index is 586. The van der Waals surface area contributed by atoms with Crippen molar-refractivity contribution in [2.24, 2.45) is 5.92 Å². The third-order valence-electron chi connectivity index (χ3n) is 2.93. The van der Waals surface area contributed by atoms with Crippen LogP contribution in [0.3, 0.4) is 0 Å². The number of halogens is 3. The zero-order valence-corrected chi connectivity index (χ0v) is 12.3. The lowest BCUT2D eigenvalue weighted by Gasteiger charge is -2.14. The van der Waals surface area contributed by atoms with Gasteiger partial charge in [0.2, 0.25) is 0 Å². The molecule has 0 aliphatic carbocycles. The first-order valence-electron chi connectivity index (χ1n) is 5.95. The highest BCUT2D eigenvalue weighted by Gasteiger charge is 2.15. The van der Waals surface area contributed by atoms with E-state index in [1.165, 1.54) is 12.1 Å². The smallest absolute Gasteiger partial charge is 0.144 e. The Morgan fingerprint density at radius 2 is 2.21 bits per heavy atom. The second-order valence-electron chi connectivity index (χ2n) is 4.59. The zero-order chi connectivity index (χ0) is 14.0. The van der Waals surface area contributed by atoms with Crippen LogP contribution in [0, 0.1) is 11.7 Å². The van der Waals surface area contributed by atoms with E-state index in [0.717, 1.165) is 0 Å². The first-order chi connectivity index (χ1) is 9.06. The van der Waals surface area contributed by atoms with Gasteiger partial charge in [-0.05, 0) is 12.0 Å². The molecule has 1 atom stereocenters. The van der Waals surface area contributed by atoms with Crippen LogP contribution in [0.5, 0.6) is 0 Å². The molecule has 0 radical (unpaired) electrons. The molecule has 0 fully saturated rings. The Kier molecular flexibility index (Phi) is 4.66. The minimum atomic E-state index is -0.448. The molecule has 0 spiro atoms. The number of nitrogens with zero attached hydrogens (tertiary/aromatic N) is 2. The van der Waals surface area contributed by atoms with E-state index < -0.39 is 5.82 Å². The van der Waals surface area contributed by atoms with Crippen molar-refractivity contribution < 1.29 is 9.13 Å². The van der Waals surface area contributed by atoms with Crippen molar-refractivity contribution in [3.05, 3.63) is 28.8 Å². The van der Waals surface area contributed by atoms with Gasteiger partial charge in [0.25, 0.3) is 0 Å². The maximum absolute atomic E-state index is 13.6. The predicted octanol–water partition coefficient (Wildman–Crippen LogP) is 3.85. The van der Waals surface area contributed by atoms with Crippen molar-refractivity contribution in [2.75, 3.05) is 13.7 Å². The van der Waals surface area contributed by atoms with Gasteiger partial charge in [-0.25, -0.2) is 9.37 Å². The maximum Gasteiger partial charge on any atom is 0.144 e. The predicted molar refractivity (Wildman–Crippen MR) is 75.3 cm³/mol. The molecule has 2 rings (SSSR count). The molecule has 0 amide bonds. The van der Waals surface area contributed by atoms with Gasteiger partial charge in [-0.2, -0.15) is 0 Å². The van der Waals surface area contributed by atoms with Crippen molar-refractivity contribution in [2.45, 2.75) is 19.3 Å². The molecule has 3 nitrogen and oxygen atoms in total. The van der Waals surface area contributed by atoms with Gasteiger partial charge in [0.15, 0.2) is 0 Å². The summed E-state index contributed by atoms with van der Waals surface area (Å²) in [7, 11) is 1.66. The van der Waals surface area contributed by atoms with E-state index in [0.29, 0.717) is 30.0 Å². The van der Waals surface area contributed by atoms with E-state index in [9.17, 15) is 4.39 Å². The summed E-state index contributed by atoms with van der Waals surface area (Å²) in [6.07, 6.45) is 0. The Labute approximate surface area is 121 Å². The number of aromatic nitrogens is 2. The van der Waals surface area contributed by atoms with Gasteiger partial charge in [0.05, 0.1) is 28.5 Å². The summed E-state index contributed by atoms with van der Waals surface area (Å²) < 4.78 is 20.6. The van der Waals surface area contributed by atoms with Gasteiger partial charge in [0, 0.05) is 19.7 Å². The minimum Gasteiger partial charge on any atom is -0.384 e. The molecule has 6 heteroatoms. The highest BCUT2D eigenvalue weighted by molar-refractivity contribution is 6.31. The van der Waals surface area contributed by atoms with Crippen LogP contribution < -0.4 is 0 Å². The summed E-state index contributed by atoms with van der Waals surface area (Å²) in [6.45, 7) is 3.35. The fourth-order valence-electron chi connectivity index (χ4n) is 2.12. The number of fused-ring (bicyclic) bond motifs is 1. The first kappa shape index (κ1) is 14.6. The fourth-order valence-corrected chi connectivity index (χ4v) is 2.49. The number of alkyl halides is 1. The SMILES string of the molecule is COCC(C)Cn1c(CCl)nc2cc(Cl)c(F)cc21. The molecule has 1 heterocycles. The monoisotopic (exact) mass is 304 g/mol. The summed E-state index contributed by atoms with van der Waals surface area (Å²) in [6, 6.07) is 2.93. The van der Waals surface area contributed by atoms with Crippen LogP contribution in [0.2, 0.25) is 5.02 Å². The number of imidazole rings is 1. The largest absolute Gasteiger partial charge is 0.384 e. The van der Waals surface area contributed by atoms with Crippen molar-refractivity contribution in [1.82, 2.24) is 9.55 Å². The lowest BCUT2D eigenvalue weighted by atomic mass is 10.2. The average Bonchev–Trinajstić information content (AvgIpc) is 2.68. The second-order valence-corrected chi connectivity index (χ2v) is 5.26. The highest BCUT2D eigenvalue weighted by Crippen LogP contribution is 2.25. The molecule has 0 saturated carbocycles. The highest BCUT2D eigenvalue weighted by atomic mass is 35.5. The average molecular weight is 305 g/mol. The molecule has 0 N–H and O–H groups in total. The summed E-state index contributed by atoms with van der Waals surface area (Å²) in [4.78, 5) is 4.39. The number of ether oxygens (including phenoxy) is 1. The maximum atomic E-state index is 13.6. The zero-order valence-electron chi connectivity index (χ0n) is 10.8. The van der Waals surface area contributed by atoms with Gasteiger partial charge >= 0.3 is 0 Å². The van der Waals surface area contributed by atoms with Crippen LogP contribution >= 0.6 is 23.2 Å². The summed E-state index contributed by atoms with van der Waals surface area (Å²) >= 11 is 11.7. The van der Waals surface area contributed by atoms with Crippen LogP contribution in [0.25, 0.3) is 11.0 Å². The van der Waals surface area contributed by atoms with Crippen LogP contribution in [0.4, 0.5) is 4.39 Å². The first-order valence-corrected chi connectivity index (χ1v) is 6.87. The van der Waals surface area contributed by atoms with Crippen molar-refractivity contribution in [3.63, 3.8) is 0 Å². The van der Waals surface area contributed by atoms with E-state index in [4.69, 9.17) is 27.9 Å². The van der Waals surface area contributed by atoms with Crippen LogP contribution in [-0.2, 0) is 17.2 Å². The number of rotatable bonds is 5. The van der Waals surface area contributed by atoms with E-state index in [1.54, 1.807) is 7.11 Å². The Hall–Kier alpha value is -0.840. The number of hydrogen-bond donors (Lipinski definition) is 0. The van der Waals surface area contributed by atoms with E-state index in [1.807, 2.05) is 4.57 Å². The van der Waals surface area contributed by atoms with E-state index in [2.05, 4.69) is 11.9 Å². The van der Waals surface area contributed by atoms with Crippen LogP contribution in [0.1, 0.15) is 12.7 Å². The molecule has 1 unspecified atom stereocenters. The van der Waals surface area contributed by atoms with Crippen molar-refractivity contribution >= 4 is 34.2 Å². The number of benzene rings is 1. The number of hydrogen-bond acceptors (Lipinski definition) is 2. The van der Waals surface area contributed by atoms with Gasteiger partial charge in [0.1, 0.15) is 11.6 Å². The summed E-state index contributed by atoms with van der Waals surface area (Å²) in [5.41, 5.74) is 1.37. The van der Waals surface area contributed by atoms with Crippen LogP contribution in [0.15, 0.2) is 12.1 Å². The Balaban J connectivity index is 2.47. The molecule has 0 bridgehead atoms. The Morgan fingerprint density at radius 1 is 1.47 bits per heavy atom. The Morgan fingerprint density at radius 3 is 2.84 bits per heavy atom. The van der Waals surface area contributed by atoms with Gasteiger partial charge in [-0.3, -0.25) is 0 Å². The molecule has 2 aromatic rings. The van der Waals surface area contributed by atoms with E-state index in [-0.39, 0.29) is 16.8 Å². The molecule has 0 aliphatic rings. The molecule has 0 aliphatic heterocycles. The van der Waals surface area contributed by atoms with E-state index >= 15 is 0 Å². The topological polar surface area (TPSA) is 27.1 Å². The lowest BCUT2D eigenvalue weighted by Crippen LogP contribution is -2.14. The van der Waals surface area contributed by atoms with Crippen molar-refractivity contribution in [1.29, 1.82) is 0 Å². The lowest BCUT2D eigenvalue weighted by molar-refractivity contribution is 0.151. The molecular weight excluding hydrogens is 290 g/mol. The summed E-state index contributed by atoms with van der Waals surface area (Å²) in [5, 5.41) is 0.0724. The second kappa shape index (κ2) is 6.07. The summed E-state index contributed by atoms with van der Waals surface area (Å²) in [5.74, 6) is 0.813. The fraction of sp³-hybridized carbons (Fsp3) is 0.462. The van der Waals surface area contributed by atoms with Crippen LogP contribution in [-0.4, -0.2) is 23.3 Å². The minimum absolute atomic E-state index is 0.0724. The molecule has 0 saturated heterocycles. The molecule has 104 valence electrons. The molecule has 1 aromatic heterocycles. The third kappa shape index (κ3) is 3.02. The third-order valence-corrected chi connectivity index (χ3v) is 3.46. The quantitative estimate of drug-likeness (QED) is 0.785. The standard InChI is InChI=1S/C13H15Cl2FN2O/c1-8(7-19-2)6-18-12-4-10(16)9(15)3-11(12)17-13(18)5-14/h3-4,8H,5-7H2,1-2H3. The van der Waals surface area contributed by atoms with Crippen molar-refractivity contribution in [3.8, 4) is 0 Å². The van der Waals surface area contributed by atoms with Gasteiger partial charge in [-0.15, -0.1) is 11.6 Å². The van der Waals surface area contributed by atoms with Gasteiger partial charge < -0.3 is 9.30 Å². The molecule has 19 heavy (non-hydrogen) atoms. The number of methoxy groups -OCH3 is 1. The van der Waals surface area contributed by atoms with Gasteiger partial charge in [-0.1, -0.05) is 18.5 Å². The molecule has 1 aromatic carbocycles. The molecular formula is C13H15Cl2FN2O.